The van der Waals surface area contributed by atoms with Gasteiger partial charge in [-0.05, 0) is 35.0 Å². The molecule has 3 N–H and O–H groups in total. The summed E-state index contributed by atoms with van der Waals surface area (Å²) in [6.45, 7) is 0. The minimum absolute atomic E-state index is 0.0881. The number of nitrogen functional groups attached to an aromatic ring is 1. The number of ether oxygens (including phenoxy) is 1. The van der Waals surface area contributed by atoms with Crippen molar-refractivity contribution >= 4 is 22.4 Å². The Balaban J connectivity index is 1.98. The van der Waals surface area contributed by atoms with Gasteiger partial charge in [0.25, 0.3) is 0 Å². The van der Waals surface area contributed by atoms with E-state index >= 15 is 0 Å². The third-order valence-electron chi connectivity index (χ3n) is 3.04. The highest BCUT2D eigenvalue weighted by Gasteiger charge is 2.10. The summed E-state index contributed by atoms with van der Waals surface area (Å²) in [7, 11) is 0. The Bertz CT molecular complexity index is 831. The molecule has 0 unspecified atom stereocenters. The predicted octanol–water partition coefficient (Wildman–Crippen LogP) is 3.31. The van der Waals surface area contributed by atoms with Crippen LogP contribution in [0.5, 0.6) is 11.6 Å². The molecule has 3 rings (SSSR count). The Labute approximate surface area is 120 Å². The highest BCUT2D eigenvalue weighted by atomic mass is 16.5. The van der Waals surface area contributed by atoms with E-state index in [9.17, 15) is 4.79 Å². The van der Waals surface area contributed by atoms with Crippen LogP contribution in [0.25, 0.3) is 10.8 Å². The molecule has 2 aromatic carbocycles. The number of nitrogens with two attached hydrogens (primary N) is 1. The number of aromatic carboxylic acids is 1. The number of carboxylic acids is 1. The van der Waals surface area contributed by atoms with Crippen LogP contribution < -0.4 is 10.5 Å². The molecule has 0 atom stereocenters. The first-order valence-electron chi connectivity index (χ1n) is 6.30. The highest BCUT2D eigenvalue weighted by molar-refractivity contribution is 5.86. The lowest BCUT2D eigenvalue weighted by atomic mass is 10.1. The highest BCUT2D eigenvalue weighted by Crippen LogP contribution is 2.28. The maximum absolute atomic E-state index is 10.9. The van der Waals surface area contributed by atoms with Crippen LogP contribution in [0.2, 0.25) is 0 Å². The lowest BCUT2D eigenvalue weighted by molar-refractivity contribution is 0.0689. The maximum Gasteiger partial charge on any atom is 0.354 e. The molecule has 0 aliphatic rings. The fraction of sp³-hybridized carbons (Fsp3) is 0. The zero-order valence-electron chi connectivity index (χ0n) is 11.0. The van der Waals surface area contributed by atoms with Crippen LogP contribution in [0.15, 0.2) is 54.6 Å². The van der Waals surface area contributed by atoms with Crippen molar-refractivity contribution in [2.75, 3.05) is 5.73 Å². The average molecular weight is 280 g/mol. The van der Waals surface area contributed by atoms with E-state index in [0.717, 1.165) is 10.8 Å². The van der Waals surface area contributed by atoms with Crippen molar-refractivity contribution in [3.8, 4) is 11.6 Å². The van der Waals surface area contributed by atoms with E-state index in [0.29, 0.717) is 5.75 Å². The quantitative estimate of drug-likeness (QED) is 0.768. The molecule has 0 saturated heterocycles. The van der Waals surface area contributed by atoms with Crippen molar-refractivity contribution in [3.05, 3.63) is 60.3 Å². The van der Waals surface area contributed by atoms with E-state index in [4.69, 9.17) is 15.6 Å². The standard InChI is InChI=1S/C16H12N2O3/c17-13-7-8-14(16(19)20)18-15(13)21-12-6-5-10-3-1-2-4-11(10)9-12/h1-9H,17H2,(H,19,20). The number of carboxylic acid groups (broad SMARTS) is 1. The Morgan fingerprint density at radius 3 is 2.57 bits per heavy atom. The second kappa shape index (κ2) is 5.13. The monoisotopic (exact) mass is 280 g/mol. The third-order valence-corrected chi connectivity index (χ3v) is 3.04. The number of aromatic nitrogens is 1. The third kappa shape index (κ3) is 2.62. The van der Waals surface area contributed by atoms with Gasteiger partial charge in [-0.25, -0.2) is 9.78 Å². The van der Waals surface area contributed by atoms with Crippen LogP contribution in [0, 0.1) is 0 Å². The fourth-order valence-corrected chi connectivity index (χ4v) is 1.99. The molecule has 0 amide bonds. The van der Waals surface area contributed by atoms with E-state index < -0.39 is 5.97 Å². The topological polar surface area (TPSA) is 85.4 Å². The molecule has 104 valence electrons. The molecule has 0 aliphatic carbocycles. The lowest BCUT2D eigenvalue weighted by Gasteiger charge is -2.09. The molecule has 0 aliphatic heterocycles. The van der Waals surface area contributed by atoms with Crippen LogP contribution in [-0.2, 0) is 0 Å². The van der Waals surface area contributed by atoms with Gasteiger partial charge in [-0.1, -0.05) is 30.3 Å². The summed E-state index contributed by atoms with van der Waals surface area (Å²) in [6, 6.07) is 16.2. The maximum atomic E-state index is 10.9. The summed E-state index contributed by atoms with van der Waals surface area (Å²) >= 11 is 0. The summed E-state index contributed by atoms with van der Waals surface area (Å²) in [4.78, 5) is 14.8. The van der Waals surface area contributed by atoms with E-state index in [2.05, 4.69) is 4.98 Å². The Hall–Kier alpha value is -3.08. The first-order chi connectivity index (χ1) is 10.1. The number of pyridine rings is 1. The Morgan fingerprint density at radius 2 is 1.81 bits per heavy atom. The van der Waals surface area contributed by atoms with Crippen molar-refractivity contribution in [1.29, 1.82) is 0 Å². The van der Waals surface area contributed by atoms with Crippen LogP contribution in [0.4, 0.5) is 5.69 Å². The summed E-state index contributed by atoms with van der Waals surface area (Å²) in [5.41, 5.74) is 5.94. The van der Waals surface area contributed by atoms with Crippen molar-refractivity contribution < 1.29 is 14.6 Å². The van der Waals surface area contributed by atoms with Gasteiger partial charge in [0.05, 0.1) is 5.69 Å². The van der Waals surface area contributed by atoms with Gasteiger partial charge in [0.1, 0.15) is 5.75 Å². The first-order valence-corrected chi connectivity index (χ1v) is 6.30. The summed E-state index contributed by atoms with van der Waals surface area (Å²) in [5.74, 6) is -0.487. The molecule has 5 nitrogen and oxygen atoms in total. The normalized spacial score (nSPS) is 10.5. The molecule has 0 saturated carbocycles. The van der Waals surface area contributed by atoms with Gasteiger partial charge in [-0.3, -0.25) is 0 Å². The van der Waals surface area contributed by atoms with Crippen molar-refractivity contribution in [2.24, 2.45) is 0 Å². The van der Waals surface area contributed by atoms with E-state index in [1.165, 1.54) is 12.1 Å². The summed E-state index contributed by atoms with van der Waals surface area (Å²) < 4.78 is 5.61. The van der Waals surface area contributed by atoms with Gasteiger partial charge in [-0.15, -0.1) is 0 Å². The number of fused-ring (bicyclic) bond motifs is 1. The SMILES string of the molecule is Nc1ccc(C(=O)O)nc1Oc1ccc2ccccc2c1. The summed E-state index contributed by atoms with van der Waals surface area (Å²) in [6.07, 6.45) is 0. The van der Waals surface area contributed by atoms with Crippen LogP contribution >= 0.6 is 0 Å². The largest absolute Gasteiger partial charge is 0.477 e. The van der Waals surface area contributed by atoms with Crippen molar-refractivity contribution in [1.82, 2.24) is 4.98 Å². The van der Waals surface area contributed by atoms with Gasteiger partial charge in [0.15, 0.2) is 5.69 Å². The second-order valence-corrected chi connectivity index (χ2v) is 4.51. The molecule has 0 bridgehead atoms. The van der Waals surface area contributed by atoms with Gasteiger partial charge in [0.2, 0.25) is 5.88 Å². The zero-order chi connectivity index (χ0) is 14.8. The van der Waals surface area contributed by atoms with Gasteiger partial charge < -0.3 is 15.6 Å². The number of carbonyl (C=O) groups is 1. The van der Waals surface area contributed by atoms with Crippen molar-refractivity contribution in [2.45, 2.75) is 0 Å². The van der Waals surface area contributed by atoms with Crippen LogP contribution in [-0.4, -0.2) is 16.1 Å². The number of hydrogen-bond donors (Lipinski definition) is 2. The van der Waals surface area contributed by atoms with E-state index in [1.54, 1.807) is 6.07 Å². The lowest BCUT2D eigenvalue weighted by Crippen LogP contribution is -2.03. The molecule has 0 fully saturated rings. The van der Waals surface area contributed by atoms with Crippen LogP contribution in [0.3, 0.4) is 0 Å². The molecule has 1 aromatic heterocycles. The number of rotatable bonds is 3. The molecule has 3 aromatic rings. The molecule has 21 heavy (non-hydrogen) atoms. The first kappa shape index (κ1) is 12.9. The zero-order valence-corrected chi connectivity index (χ0v) is 11.0. The molecule has 0 radical (unpaired) electrons. The fourth-order valence-electron chi connectivity index (χ4n) is 1.99. The van der Waals surface area contributed by atoms with Gasteiger partial charge in [0, 0.05) is 0 Å². The smallest absolute Gasteiger partial charge is 0.354 e. The van der Waals surface area contributed by atoms with Crippen molar-refractivity contribution in [3.63, 3.8) is 0 Å². The Morgan fingerprint density at radius 1 is 1.05 bits per heavy atom. The molecule has 1 heterocycles. The molecular weight excluding hydrogens is 268 g/mol. The minimum atomic E-state index is -1.13. The van der Waals surface area contributed by atoms with Crippen LogP contribution in [0.1, 0.15) is 10.5 Å². The number of anilines is 1. The summed E-state index contributed by atoms with van der Waals surface area (Å²) in [5, 5.41) is 11.1. The van der Waals surface area contributed by atoms with Gasteiger partial charge >= 0.3 is 5.97 Å². The molecule has 5 heteroatoms. The van der Waals surface area contributed by atoms with E-state index in [1.807, 2.05) is 36.4 Å². The number of nitrogens with zero attached hydrogens (tertiary/aromatic N) is 1. The van der Waals surface area contributed by atoms with E-state index in [-0.39, 0.29) is 17.3 Å². The predicted molar refractivity (Wildman–Crippen MR) is 79.6 cm³/mol. The Kier molecular flexibility index (Phi) is 3.16. The van der Waals surface area contributed by atoms with Gasteiger partial charge in [-0.2, -0.15) is 0 Å². The average Bonchev–Trinajstić information content (AvgIpc) is 2.49. The number of benzene rings is 2. The second-order valence-electron chi connectivity index (χ2n) is 4.51. The molecular formula is C16H12N2O3. The molecule has 0 spiro atoms. The number of hydrogen-bond acceptors (Lipinski definition) is 4. The minimum Gasteiger partial charge on any atom is -0.477 e.